The van der Waals surface area contributed by atoms with E-state index in [0.717, 1.165) is 50.7 Å². The number of H-pyrrole nitrogens is 1. The summed E-state index contributed by atoms with van der Waals surface area (Å²) in [4.78, 5) is 24.6. The van der Waals surface area contributed by atoms with Crippen LogP contribution in [0.5, 0.6) is 0 Å². The number of hydrogen-bond donors (Lipinski definition) is 1. The zero-order valence-corrected chi connectivity index (χ0v) is 15.8. The van der Waals surface area contributed by atoms with E-state index in [-0.39, 0.29) is 5.56 Å². The molecule has 1 N–H and O–H groups in total. The highest BCUT2D eigenvalue weighted by atomic mass is 32.1. The van der Waals surface area contributed by atoms with Crippen LogP contribution in [0.1, 0.15) is 31.2 Å². The Labute approximate surface area is 157 Å². The van der Waals surface area contributed by atoms with Crippen molar-refractivity contribution in [3.8, 4) is 0 Å². The molecule has 4 rings (SSSR count). The van der Waals surface area contributed by atoms with E-state index in [1.54, 1.807) is 17.4 Å². The van der Waals surface area contributed by atoms with Crippen molar-refractivity contribution in [3.63, 3.8) is 0 Å². The molecule has 2 fully saturated rings. The first-order chi connectivity index (χ1) is 12.8. The van der Waals surface area contributed by atoms with Gasteiger partial charge in [0.1, 0.15) is 5.82 Å². The fourth-order valence-electron chi connectivity index (χ4n) is 3.87. The lowest BCUT2D eigenvalue weighted by Crippen LogP contribution is -2.40. The Balaban J connectivity index is 1.62. The number of ether oxygens (including phenoxy) is 1. The van der Waals surface area contributed by atoms with Gasteiger partial charge in [0.15, 0.2) is 0 Å². The average Bonchev–Trinajstić information content (AvgIpc) is 3.06. The lowest BCUT2D eigenvalue weighted by Gasteiger charge is -2.32. The van der Waals surface area contributed by atoms with Gasteiger partial charge in [-0.05, 0) is 41.7 Å². The van der Waals surface area contributed by atoms with Gasteiger partial charge in [-0.2, -0.15) is 16.3 Å². The van der Waals surface area contributed by atoms with Gasteiger partial charge in [-0.25, -0.2) is 0 Å². The highest BCUT2D eigenvalue weighted by Gasteiger charge is 2.25. The highest BCUT2D eigenvalue weighted by molar-refractivity contribution is 7.07. The predicted molar refractivity (Wildman–Crippen MR) is 106 cm³/mol. The van der Waals surface area contributed by atoms with Crippen LogP contribution in [-0.4, -0.2) is 48.9 Å². The third-order valence-electron chi connectivity index (χ3n) is 5.25. The maximum atomic E-state index is 12.3. The minimum Gasteiger partial charge on any atom is -0.378 e. The number of thiophene rings is 1. The molecule has 7 heteroatoms. The minimum absolute atomic E-state index is 0.0741. The number of anilines is 2. The van der Waals surface area contributed by atoms with E-state index in [0.29, 0.717) is 19.3 Å². The van der Waals surface area contributed by atoms with Crippen LogP contribution in [0.2, 0.25) is 0 Å². The molecule has 0 bridgehead atoms. The fourth-order valence-corrected chi connectivity index (χ4v) is 4.55. The lowest BCUT2D eigenvalue weighted by atomic mass is 10.0. The Morgan fingerprint density at radius 1 is 1.23 bits per heavy atom. The van der Waals surface area contributed by atoms with Crippen LogP contribution in [0.3, 0.4) is 0 Å². The molecule has 26 heavy (non-hydrogen) atoms. The van der Waals surface area contributed by atoms with Crippen LogP contribution >= 0.6 is 11.3 Å². The average molecular weight is 375 g/mol. The molecule has 2 saturated heterocycles. The summed E-state index contributed by atoms with van der Waals surface area (Å²) in [6.07, 6.45) is 5.77. The Morgan fingerprint density at radius 2 is 2.12 bits per heavy atom. The summed E-state index contributed by atoms with van der Waals surface area (Å²) >= 11 is 1.74. The maximum absolute atomic E-state index is 12.3. The van der Waals surface area contributed by atoms with Crippen molar-refractivity contribution in [2.45, 2.75) is 38.1 Å². The highest BCUT2D eigenvalue weighted by Crippen LogP contribution is 2.25. The summed E-state index contributed by atoms with van der Waals surface area (Å²) in [5.41, 5.74) is 1.30. The molecular formula is C19H26N4O2S. The Hall–Kier alpha value is -1.86. The number of aromatic nitrogens is 2. The van der Waals surface area contributed by atoms with Gasteiger partial charge >= 0.3 is 0 Å². The zero-order chi connectivity index (χ0) is 17.8. The van der Waals surface area contributed by atoms with Crippen LogP contribution in [0.15, 0.2) is 27.7 Å². The van der Waals surface area contributed by atoms with E-state index in [1.807, 2.05) is 0 Å². The molecule has 4 heterocycles. The smallest absolute Gasteiger partial charge is 0.254 e. The lowest BCUT2D eigenvalue weighted by molar-refractivity contribution is 0.122. The number of nitrogens with zero attached hydrogens (tertiary/aromatic N) is 3. The topological polar surface area (TPSA) is 61.5 Å². The van der Waals surface area contributed by atoms with Crippen molar-refractivity contribution >= 4 is 23.1 Å². The molecule has 2 aliphatic rings. The molecule has 0 radical (unpaired) electrons. The second-order valence-electron chi connectivity index (χ2n) is 7.06. The van der Waals surface area contributed by atoms with Gasteiger partial charge < -0.3 is 14.5 Å². The van der Waals surface area contributed by atoms with Gasteiger partial charge in [0.2, 0.25) is 5.95 Å². The molecule has 6 nitrogen and oxygen atoms in total. The standard InChI is InChI=1S/C19H26N4O2S/c24-18-13-17(22-7-9-25-10-8-22)20-19(21-18)23-6-3-1-2-4-16(23)12-15-5-11-26-14-15/h5,11,13-14,16H,1-4,6-10,12H2,(H,20,21,24)/t16-/m0/s1. The van der Waals surface area contributed by atoms with E-state index in [4.69, 9.17) is 9.72 Å². The molecular weight excluding hydrogens is 348 g/mol. The van der Waals surface area contributed by atoms with Gasteiger partial charge in [-0.3, -0.25) is 9.78 Å². The summed E-state index contributed by atoms with van der Waals surface area (Å²) in [7, 11) is 0. The summed E-state index contributed by atoms with van der Waals surface area (Å²) in [6, 6.07) is 4.20. The van der Waals surface area contributed by atoms with Crippen LogP contribution in [0.25, 0.3) is 0 Å². The molecule has 0 spiro atoms. The van der Waals surface area contributed by atoms with E-state index in [9.17, 15) is 4.79 Å². The van der Waals surface area contributed by atoms with E-state index >= 15 is 0 Å². The molecule has 2 aliphatic heterocycles. The number of rotatable bonds is 4. The SMILES string of the molecule is O=c1cc(N2CCOCC2)nc(N2CCCCC[C@H]2Cc2ccsc2)[nH]1. The molecule has 2 aromatic heterocycles. The summed E-state index contributed by atoms with van der Waals surface area (Å²) in [5, 5.41) is 4.36. The fraction of sp³-hybridized carbons (Fsp3) is 0.579. The summed E-state index contributed by atoms with van der Waals surface area (Å²) < 4.78 is 5.43. The van der Waals surface area contributed by atoms with Gasteiger partial charge in [0.25, 0.3) is 5.56 Å². The molecule has 2 aromatic rings. The quantitative estimate of drug-likeness (QED) is 0.891. The Morgan fingerprint density at radius 3 is 2.92 bits per heavy atom. The summed E-state index contributed by atoms with van der Waals surface area (Å²) in [5.74, 6) is 1.49. The van der Waals surface area contributed by atoms with Gasteiger partial charge in [-0.15, -0.1) is 0 Å². The van der Waals surface area contributed by atoms with Crippen molar-refractivity contribution in [2.24, 2.45) is 0 Å². The minimum atomic E-state index is -0.0741. The number of hydrogen-bond acceptors (Lipinski definition) is 6. The first kappa shape index (κ1) is 17.5. The molecule has 0 amide bonds. The van der Waals surface area contributed by atoms with Crippen molar-refractivity contribution in [3.05, 3.63) is 38.8 Å². The number of nitrogens with one attached hydrogen (secondary N) is 1. The molecule has 140 valence electrons. The second kappa shape index (κ2) is 8.22. The molecule has 0 aliphatic carbocycles. The van der Waals surface area contributed by atoms with Crippen LogP contribution < -0.4 is 15.4 Å². The first-order valence-corrected chi connectivity index (χ1v) is 10.5. The normalized spacial score (nSPS) is 21.6. The number of morpholine rings is 1. The second-order valence-corrected chi connectivity index (χ2v) is 7.84. The number of aromatic amines is 1. The summed E-state index contributed by atoms with van der Waals surface area (Å²) in [6.45, 7) is 3.90. The van der Waals surface area contributed by atoms with Gasteiger partial charge in [-0.1, -0.05) is 12.8 Å². The van der Waals surface area contributed by atoms with Crippen molar-refractivity contribution in [1.29, 1.82) is 0 Å². The third kappa shape index (κ3) is 4.10. The maximum Gasteiger partial charge on any atom is 0.254 e. The van der Waals surface area contributed by atoms with Gasteiger partial charge in [0.05, 0.1) is 13.2 Å². The molecule has 1 atom stereocenters. The van der Waals surface area contributed by atoms with E-state index < -0.39 is 0 Å². The van der Waals surface area contributed by atoms with Crippen molar-refractivity contribution in [1.82, 2.24) is 9.97 Å². The van der Waals surface area contributed by atoms with Crippen molar-refractivity contribution in [2.75, 3.05) is 42.6 Å². The molecule has 0 saturated carbocycles. The Kier molecular flexibility index (Phi) is 5.55. The third-order valence-corrected chi connectivity index (χ3v) is 5.98. The Bertz CT molecular complexity index is 755. The molecule has 0 unspecified atom stereocenters. The van der Waals surface area contributed by atoms with Crippen LogP contribution in [0.4, 0.5) is 11.8 Å². The van der Waals surface area contributed by atoms with E-state index in [1.165, 1.54) is 18.4 Å². The van der Waals surface area contributed by atoms with Crippen molar-refractivity contribution < 1.29 is 4.74 Å². The van der Waals surface area contributed by atoms with Gasteiger partial charge in [0, 0.05) is 31.7 Å². The van der Waals surface area contributed by atoms with E-state index in [2.05, 4.69) is 31.6 Å². The molecule has 0 aromatic carbocycles. The largest absolute Gasteiger partial charge is 0.378 e. The zero-order valence-electron chi connectivity index (χ0n) is 15.0. The first-order valence-electron chi connectivity index (χ1n) is 9.51. The monoisotopic (exact) mass is 374 g/mol. The van der Waals surface area contributed by atoms with Crippen LogP contribution in [0, 0.1) is 0 Å². The predicted octanol–water partition coefficient (Wildman–Crippen LogP) is 2.66. The van der Waals surface area contributed by atoms with Crippen LogP contribution in [-0.2, 0) is 11.2 Å².